The molecule has 1 unspecified atom stereocenters. The van der Waals surface area contributed by atoms with Crippen molar-refractivity contribution in [2.75, 3.05) is 18.0 Å². The van der Waals surface area contributed by atoms with Crippen LogP contribution in [0.1, 0.15) is 37.8 Å². The fourth-order valence-corrected chi connectivity index (χ4v) is 4.81. The molecule has 1 saturated heterocycles. The number of pyridine rings is 2. The average Bonchev–Trinajstić information content (AvgIpc) is 3.44. The smallest absolute Gasteiger partial charge is 0.130 e. The molecule has 6 nitrogen and oxygen atoms in total. The molecule has 0 N–H and O–H groups in total. The van der Waals surface area contributed by atoms with Gasteiger partial charge in [0.05, 0.1) is 29.2 Å². The standard InChI is InChI=1S/C21H20N6/c22-14-21(13-20(21)4-5-20)18-10-17-15(11-24-18)12-25-27(17)16-3-6-23-19(9-16)26-7-1-2-8-26/h3,6,9-12H,1-2,4-5,7-8,13H2. The predicted octanol–water partition coefficient (Wildman–Crippen LogP) is 3.36. The lowest BCUT2D eigenvalue weighted by Gasteiger charge is -2.17. The molecule has 3 aromatic rings. The lowest BCUT2D eigenvalue weighted by atomic mass is 9.98. The van der Waals surface area contributed by atoms with E-state index < -0.39 is 0 Å². The van der Waals surface area contributed by atoms with E-state index in [2.05, 4.69) is 38.2 Å². The first-order valence-electron chi connectivity index (χ1n) is 9.72. The van der Waals surface area contributed by atoms with Crippen LogP contribution in [0.15, 0.2) is 36.8 Å². The number of hydrogen-bond acceptors (Lipinski definition) is 5. The normalized spacial score (nSPS) is 25.1. The Bertz CT molecular complexity index is 1100. The van der Waals surface area contributed by atoms with Crippen LogP contribution < -0.4 is 4.90 Å². The van der Waals surface area contributed by atoms with Crippen LogP contribution in [0.4, 0.5) is 5.82 Å². The summed E-state index contributed by atoms with van der Waals surface area (Å²) in [5, 5.41) is 15.4. The first-order valence-corrected chi connectivity index (χ1v) is 9.72. The number of nitriles is 1. The zero-order valence-electron chi connectivity index (χ0n) is 15.1. The Morgan fingerprint density at radius 3 is 2.67 bits per heavy atom. The highest BCUT2D eigenvalue weighted by Crippen LogP contribution is 2.78. The molecule has 1 spiro atoms. The van der Waals surface area contributed by atoms with E-state index in [0.717, 1.165) is 60.5 Å². The van der Waals surface area contributed by atoms with Crippen molar-refractivity contribution in [1.82, 2.24) is 19.7 Å². The van der Waals surface area contributed by atoms with Crippen molar-refractivity contribution in [3.8, 4) is 11.8 Å². The first kappa shape index (κ1) is 15.2. The maximum Gasteiger partial charge on any atom is 0.130 e. The Kier molecular flexibility index (Phi) is 2.84. The van der Waals surface area contributed by atoms with E-state index in [4.69, 9.17) is 0 Å². The van der Waals surface area contributed by atoms with Crippen molar-refractivity contribution in [3.05, 3.63) is 42.5 Å². The van der Waals surface area contributed by atoms with Crippen LogP contribution in [0.3, 0.4) is 0 Å². The molecule has 27 heavy (non-hydrogen) atoms. The fourth-order valence-electron chi connectivity index (χ4n) is 4.81. The van der Waals surface area contributed by atoms with Crippen LogP contribution in [0.5, 0.6) is 0 Å². The van der Waals surface area contributed by atoms with E-state index in [1.54, 1.807) is 0 Å². The summed E-state index contributed by atoms with van der Waals surface area (Å²) in [4.78, 5) is 11.5. The van der Waals surface area contributed by atoms with Crippen LogP contribution in [0, 0.1) is 16.7 Å². The van der Waals surface area contributed by atoms with Gasteiger partial charge in [-0.3, -0.25) is 4.98 Å². The molecular weight excluding hydrogens is 336 g/mol. The topological polar surface area (TPSA) is 70.6 Å². The third-order valence-corrected chi connectivity index (χ3v) is 6.72. The largest absolute Gasteiger partial charge is 0.357 e. The summed E-state index contributed by atoms with van der Waals surface area (Å²) in [6, 6.07) is 8.75. The summed E-state index contributed by atoms with van der Waals surface area (Å²) in [7, 11) is 0. The van der Waals surface area contributed by atoms with Crippen molar-refractivity contribution in [3.63, 3.8) is 0 Å². The van der Waals surface area contributed by atoms with Gasteiger partial charge in [0.15, 0.2) is 0 Å². The van der Waals surface area contributed by atoms with Gasteiger partial charge in [0.2, 0.25) is 0 Å². The van der Waals surface area contributed by atoms with Gasteiger partial charge in [0.1, 0.15) is 11.2 Å². The van der Waals surface area contributed by atoms with Crippen LogP contribution in [0.2, 0.25) is 0 Å². The number of anilines is 1. The predicted molar refractivity (Wildman–Crippen MR) is 102 cm³/mol. The van der Waals surface area contributed by atoms with Gasteiger partial charge in [-0.05, 0) is 49.7 Å². The number of rotatable bonds is 3. The summed E-state index contributed by atoms with van der Waals surface area (Å²) in [5.41, 5.74) is 2.76. The molecule has 1 atom stereocenters. The Hall–Kier alpha value is -2.94. The Morgan fingerprint density at radius 1 is 1.07 bits per heavy atom. The van der Waals surface area contributed by atoms with Crippen molar-refractivity contribution in [1.29, 1.82) is 5.26 Å². The second kappa shape index (κ2) is 5.07. The molecule has 1 aliphatic heterocycles. The molecule has 3 aromatic heterocycles. The molecule has 2 saturated carbocycles. The molecule has 3 aliphatic rings. The molecule has 0 radical (unpaired) electrons. The minimum Gasteiger partial charge on any atom is -0.357 e. The van der Waals surface area contributed by atoms with Gasteiger partial charge in [-0.2, -0.15) is 10.4 Å². The second-order valence-electron chi connectivity index (χ2n) is 8.23. The van der Waals surface area contributed by atoms with Gasteiger partial charge in [-0.15, -0.1) is 0 Å². The van der Waals surface area contributed by atoms with Crippen molar-refractivity contribution in [2.45, 2.75) is 37.5 Å². The van der Waals surface area contributed by atoms with Crippen molar-refractivity contribution < 1.29 is 0 Å². The maximum absolute atomic E-state index is 9.83. The molecule has 6 heteroatoms. The number of hydrogen-bond donors (Lipinski definition) is 0. The molecule has 2 aliphatic carbocycles. The van der Waals surface area contributed by atoms with E-state index in [0.29, 0.717) is 0 Å². The monoisotopic (exact) mass is 356 g/mol. The number of aromatic nitrogens is 4. The van der Waals surface area contributed by atoms with Crippen LogP contribution >= 0.6 is 0 Å². The molecule has 0 amide bonds. The lowest BCUT2D eigenvalue weighted by molar-refractivity contribution is 0.715. The van der Waals surface area contributed by atoms with Crippen LogP contribution in [-0.2, 0) is 5.41 Å². The maximum atomic E-state index is 9.83. The van der Waals surface area contributed by atoms with Gasteiger partial charge in [0, 0.05) is 36.9 Å². The van der Waals surface area contributed by atoms with Gasteiger partial charge in [0.25, 0.3) is 0 Å². The number of fused-ring (bicyclic) bond motifs is 1. The van der Waals surface area contributed by atoms with E-state index in [1.807, 2.05) is 29.3 Å². The Labute approximate surface area is 157 Å². The Morgan fingerprint density at radius 2 is 1.93 bits per heavy atom. The zero-order valence-corrected chi connectivity index (χ0v) is 15.1. The summed E-state index contributed by atoms with van der Waals surface area (Å²) in [6.45, 7) is 2.13. The van der Waals surface area contributed by atoms with Gasteiger partial charge >= 0.3 is 0 Å². The minimum absolute atomic E-state index is 0.215. The first-order chi connectivity index (χ1) is 13.2. The highest BCUT2D eigenvalue weighted by molar-refractivity contribution is 5.80. The molecule has 6 rings (SSSR count). The number of nitrogens with zero attached hydrogens (tertiary/aromatic N) is 6. The van der Waals surface area contributed by atoms with E-state index in [-0.39, 0.29) is 10.8 Å². The fraction of sp³-hybridized carbons (Fsp3) is 0.429. The summed E-state index contributed by atoms with van der Waals surface area (Å²) in [6.07, 6.45) is 11.3. The van der Waals surface area contributed by atoms with Crippen molar-refractivity contribution >= 4 is 16.7 Å². The Balaban J connectivity index is 1.45. The molecular formula is C21H20N6. The van der Waals surface area contributed by atoms with Crippen LogP contribution in [-0.4, -0.2) is 32.8 Å². The third kappa shape index (κ3) is 2.03. The summed E-state index contributed by atoms with van der Waals surface area (Å²) >= 11 is 0. The van der Waals surface area contributed by atoms with E-state index >= 15 is 0 Å². The van der Waals surface area contributed by atoms with Gasteiger partial charge in [-0.25, -0.2) is 9.67 Å². The zero-order chi connectivity index (χ0) is 18.1. The highest BCUT2D eigenvalue weighted by Gasteiger charge is 2.76. The highest BCUT2D eigenvalue weighted by atomic mass is 15.3. The minimum atomic E-state index is -0.380. The second-order valence-corrected chi connectivity index (χ2v) is 8.23. The molecule has 4 heterocycles. The molecule has 0 bridgehead atoms. The summed E-state index contributed by atoms with van der Waals surface area (Å²) < 4.78 is 1.95. The average molecular weight is 356 g/mol. The van der Waals surface area contributed by atoms with E-state index in [1.165, 1.54) is 12.8 Å². The third-order valence-electron chi connectivity index (χ3n) is 6.72. The summed E-state index contributed by atoms with van der Waals surface area (Å²) in [5.74, 6) is 1.01. The SMILES string of the molecule is N#CC1(c2cc3c(cn2)cnn3-c2ccnc(N3CCCC3)c2)CC12CC2. The molecule has 3 fully saturated rings. The lowest BCUT2D eigenvalue weighted by Crippen LogP contribution is -2.19. The van der Waals surface area contributed by atoms with Gasteiger partial charge < -0.3 is 4.90 Å². The molecule has 134 valence electrons. The molecule has 0 aromatic carbocycles. The van der Waals surface area contributed by atoms with Crippen molar-refractivity contribution in [2.24, 2.45) is 5.41 Å². The quantitative estimate of drug-likeness (QED) is 0.720. The van der Waals surface area contributed by atoms with Crippen LogP contribution in [0.25, 0.3) is 16.6 Å². The van der Waals surface area contributed by atoms with E-state index in [9.17, 15) is 5.26 Å². The van der Waals surface area contributed by atoms with Gasteiger partial charge in [-0.1, -0.05) is 0 Å².